The van der Waals surface area contributed by atoms with E-state index in [9.17, 15) is 22.4 Å². The Balaban J connectivity index is 3.20. The first-order valence-electron chi connectivity index (χ1n) is 5.48. The number of nitrogen functional groups attached to an aromatic ring is 1. The van der Waals surface area contributed by atoms with Gasteiger partial charge in [0.2, 0.25) is 0 Å². The van der Waals surface area contributed by atoms with Gasteiger partial charge in [-0.05, 0) is 32.9 Å². The Hall–Kier alpha value is -1.99. The Morgan fingerprint density at radius 2 is 1.75 bits per heavy atom. The fourth-order valence-corrected chi connectivity index (χ4v) is 1.32. The predicted molar refractivity (Wildman–Crippen MR) is 62.7 cm³/mol. The third kappa shape index (κ3) is 4.29. The largest absolute Gasteiger partial charge is 0.573 e. The summed E-state index contributed by atoms with van der Waals surface area (Å²) in [6, 6.07) is 1.34. The number of ether oxygens (including phenoxy) is 2. The lowest BCUT2D eigenvalue weighted by Crippen LogP contribution is -2.26. The van der Waals surface area contributed by atoms with Crippen molar-refractivity contribution < 1.29 is 31.8 Å². The van der Waals surface area contributed by atoms with Crippen LogP contribution in [-0.2, 0) is 4.74 Å². The van der Waals surface area contributed by atoms with E-state index >= 15 is 0 Å². The first-order chi connectivity index (χ1) is 8.91. The summed E-state index contributed by atoms with van der Waals surface area (Å²) < 4.78 is 58.5. The zero-order valence-corrected chi connectivity index (χ0v) is 11.0. The van der Waals surface area contributed by atoms with Gasteiger partial charge in [0.25, 0.3) is 0 Å². The highest BCUT2D eigenvalue weighted by Crippen LogP contribution is 2.33. The van der Waals surface area contributed by atoms with E-state index in [0.29, 0.717) is 12.1 Å². The Morgan fingerprint density at radius 1 is 1.20 bits per heavy atom. The Kier molecular flexibility index (Phi) is 4.16. The molecule has 1 rings (SSSR count). The van der Waals surface area contributed by atoms with E-state index in [4.69, 9.17) is 10.5 Å². The third-order valence-corrected chi connectivity index (χ3v) is 1.98. The number of benzene rings is 1. The van der Waals surface area contributed by atoms with Crippen molar-refractivity contribution in [1.82, 2.24) is 0 Å². The highest BCUT2D eigenvalue weighted by Gasteiger charge is 2.34. The van der Waals surface area contributed by atoms with Gasteiger partial charge in [0.1, 0.15) is 17.0 Å². The highest BCUT2D eigenvalue weighted by molar-refractivity contribution is 5.97. The number of carbonyl (C=O) groups is 1. The van der Waals surface area contributed by atoms with Gasteiger partial charge in [0, 0.05) is 0 Å². The Morgan fingerprint density at radius 3 is 2.20 bits per heavy atom. The van der Waals surface area contributed by atoms with Crippen LogP contribution in [0.3, 0.4) is 0 Å². The molecule has 0 radical (unpaired) electrons. The summed E-state index contributed by atoms with van der Waals surface area (Å²) in [5.41, 5.74) is 2.84. The van der Waals surface area contributed by atoms with Gasteiger partial charge < -0.3 is 15.2 Å². The van der Waals surface area contributed by atoms with Gasteiger partial charge in [-0.1, -0.05) is 0 Å². The van der Waals surface area contributed by atoms with E-state index < -0.39 is 40.8 Å². The molecule has 2 N–H and O–H groups in total. The summed E-state index contributed by atoms with van der Waals surface area (Å²) in [5.74, 6) is -3.12. The number of halogens is 4. The minimum Gasteiger partial charge on any atom is -0.456 e. The molecule has 112 valence electrons. The molecule has 0 aromatic heterocycles. The molecule has 4 nitrogen and oxygen atoms in total. The maximum absolute atomic E-state index is 13.6. The van der Waals surface area contributed by atoms with Crippen LogP contribution in [0.2, 0.25) is 0 Å². The zero-order valence-electron chi connectivity index (χ0n) is 11.0. The Labute approximate surface area is 112 Å². The van der Waals surface area contributed by atoms with Crippen LogP contribution in [0.5, 0.6) is 5.75 Å². The van der Waals surface area contributed by atoms with E-state index in [1.54, 1.807) is 0 Å². The van der Waals surface area contributed by atoms with Crippen molar-refractivity contribution in [2.75, 3.05) is 5.73 Å². The second-order valence-corrected chi connectivity index (χ2v) is 4.88. The van der Waals surface area contributed by atoms with Crippen LogP contribution in [0.25, 0.3) is 0 Å². The summed E-state index contributed by atoms with van der Waals surface area (Å²) in [7, 11) is 0. The van der Waals surface area contributed by atoms with Gasteiger partial charge in [-0.3, -0.25) is 0 Å². The fraction of sp³-hybridized carbons (Fsp3) is 0.417. The predicted octanol–water partition coefficient (Wildman–Crippen LogP) is 3.26. The molecule has 20 heavy (non-hydrogen) atoms. The van der Waals surface area contributed by atoms with E-state index in [2.05, 4.69) is 4.74 Å². The topological polar surface area (TPSA) is 61.5 Å². The molecule has 0 fully saturated rings. The van der Waals surface area contributed by atoms with Crippen LogP contribution in [0.1, 0.15) is 31.1 Å². The molecule has 0 atom stereocenters. The molecule has 0 saturated carbocycles. The number of hydrogen-bond donors (Lipinski definition) is 1. The molecule has 1 aromatic carbocycles. The molecule has 0 spiro atoms. The summed E-state index contributed by atoms with van der Waals surface area (Å²) in [4.78, 5) is 11.7. The normalized spacial score (nSPS) is 12.2. The molecular formula is C12H13F4NO3. The summed E-state index contributed by atoms with van der Waals surface area (Å²) in [5, 5.41) is 0. The smallest absolute Gasteiger partial charge is 0.456 e. The first-order valence-corrected chi connectivity index (χ1v) is 5.48. The second-order valence-electron chi connectivity index (χ2n) is 4.88. The molecule has 1 aromatic rings. The van der Waals surface area contributed by atoms with Crippen LogP contribution in [0, 0.1) is 5.82 Å². The molecular weight excluding hydrogens is 282 g/mol. The average molecular weight is 295 g/mol. The van der Waals surface area contributed by atoms with Gasteiger partial charge in [-0.25, -0.2) is 9.18 Å². The maximum Gasteiger partial charge on any atom is 0.573 e. The van der Waals surface area contributed by atoms with Gasteiger partial charge in [0.05, 0.1) is 5.69 Å². The number of anilines is 1. The minimum atomic E-state index is -5.00. The van der Waals surface area contributed by atoms with Crippen molar-refractivity contribution in [2.24, 2.45) is 0 Å². The van der Waals surface area contributed by atoms with Crippen LogP contribution in [-0.4, -0.2) is 17.9 Å². The molecule has 0 aliphatic carbocycles. The summed E-state index contributed by atoms with van der Waals surface area (Å²) >= 11 is 0. The van der Waals surface area contributed by atoms with Crippen molar-refractivity contribution in [3.05, 3.63) is 23.5 Å². The number of alkyl halides is 3. The number of carbonyl (C=O) groups excluding carboxylic acids is 1. The molecule has 0 amide bonds. The molecule has 0 unspecified atom stereocenters. The number of nitrogens with two attached hydrogens (primary N) is 1. The van der Waals surface area contributed by atoms with E-state index in [0.717, 1.165) is 0 Å². The lowest BCUT2D eigenvalue weighted by atomic mass is 10.1. The monoisotopic (exact) mass is 295 g/mol. The van der Waals surface area contributed by atoms with Crippen molar-refractivity contribution >= 4 is 11.7 Å². The molecule has 0 aliphatic heterocycles. The lowest BCUT2D eigenvalue weighted by molar-refractivity contribution is -0.274. The SMILES string of the molecule is CC(C)(C)OC(=O)c1c(F)ccc(OC(F)(F)F)c1N. The molecule has 0 saturated heterocycles. The quantitative estimate of drug-likeness (QED) is 0.517. The van der Waals surface area contributed by atoms with Crippen LogP contribution < -0.4 is 10.5 Å². The fourth-order valence-electron chi connectivity index (χ4n) is 1.32. The molecule has 0 aliphatic rings. The van der Waals surface area contributed by atoms with E-state index in [1.165, 1.54) is 20.8 Å². The van der Waals surface area contributed by atoms with Crippen molar-refractivity contribution in [2.45, 2.75) is 32.7 Å². The van der Waals surface area contributed by atoms with E-state index in [1.807, 2.05) is 0 Å². The molecule has 0 heterocycles. The Bertz CT molecular complexity index is 521. The van der Waals surface area contributed by atoms with Gasteiger partial charge >= 0.3 is 12.3 Å². The highest BCUT2D eigenvalue weighted by atomic mass is 19.4. The number of hydrogen-bond acceptors (Lipinski definition) is 4. The number of rotatable bonds is 2. The maximum atomic E-state index is 13.6. The van der Waals surface area contributed by atoms with Crippen molar-refractivity contribution in [3.8, 4) is 5.75 Å². The summed E-state index contributed by atoms with van der Waals surface area (Å²) in [6.07, 6.45) is -5.00. The van der Waals surface area contributed by atoms with E-state index in [-0.39, 0.29) is 0 Å². The number of esters is 1. The minimum absolute atomic E-state index is 0.649. The van der Waals surface area contributed by atoms with Gasteiger partial charge in [0.15, 0.2) is 5.75 Å². The third-order valence-electron chi connectivity index (χ3n) is 1.98. The van der Waals surface area contributed by atoms with Gasteiger partial charge in [-0.2, -0.15) is 0 Å². The molecule has 0 bridgehead atoms. The summed E-state index contributed by atoms with van der Waals surface area (Å²) in [6.45, 7) is 4.57. The van der Waals surface area contributed by atoms with Crippen molar-refractivity contribution in [3.63, 3.8) is 0 Å². The van der Waals surface area contributed by atoms with Gasteiger partial charge in [-0.15, -0.1) is 13.2 Å². The van der Waals surface area contributed by atoms with Crippen LogP contribution in [0.4, 0.5) is 23.2 Å². The van der Waals surface area contributed by atoms with Crippen LogP contribution >= 0.6 is 0 Å². The zero-order chi connectivity index (χ0) is 15.7. The van der Waals surface area contributed by atoms with Crippen LogP contribution in [0.15, 0.2) is 12.1 Å². The first kappa shape index (κ1) is 16.1. The second kappa shape index (κ2) is 5.18. The average Bonchev–Trinajstić information content (AvgIpc) is 2.18. The molecule has 8 heteroatoms. The van der Waals surface area contributed by atoms with Crippen molar-refractivity contribution in [1.29, 1.82) is 0 Å². The lowest BCUT2D eigenvalue weighted by Gasteiger charge is -2.21. The standard InChI is InChI=1S/C12H13F4NO3/c1-11(2,3)20-10(18)8-6(13)4-5-7(9(8)17)19-12(14,15)16/h4-5H,17H2,1-3H3.